The van der Waals surface area contributed by atoms with E-state index in [4.69, 9.17) is 0 Å². The molecule has 1 amide bonds. The summed E-state index contributed by atoms with van der Waals surface area (Å²) in [5, 5.41) is 3.50. The van der Waals surface area contributed by atoms with E-state index in [1.807, 2.05) is 30.9 Å². The number of carbonyl (C=O) groups is 1. The molecule has 0 saturated carbocycles. The fourth-order valence-electron chi connectivity index (χ4n) is 2.98. The van der Waals surface area contributed by atoms with Gasteiger partial charge in [-0.1, -0.05) is 13.8 Å². The summed E-state index contributed by atoms with van der Waals surface area (Å²) in [4.78, 5) is 19.0. The van der Waals surface area contributed by atoms with Crippen LogP contribution in [-0.4, -0.2) is 41.5 Å². The molecule has 0 radical (unpaired) electrons. The fourth-order valence-corrected chi connectivity index (χ4v) is 2.98. The first kappa shape index (κ1) is 15.0. The highest BCUT2D eigenvalue weighted by molar-refractivity contribution is 5.95. The summed E-state index contributed by atoms with van der Waals surface area (Å²) in [6.07, 6.45) is 1.03. The van der Waals surface area contributed by atoms with Crippen molar-refractivity contribution >= 4 is 5.91 Å². The van der Waals surface area contributed by atoms with Crippen LogP contribution in [-0.2, 0) is 0 Å². The number of nitrogens with zero attached hydrogens (tertiary/aromatic N) is 2. The number of piperidine rings is 1. The summed E-state index contributed by atoms with van der Waals surface area (Å²) >= 11 is 0. The first-order valence-electron chi connectivity index (χ1n) is 7.49. The van der Waals surface area contributed by atoms with Gasteiger partial charge >= 0.3 is 0 Å². The molecular formula is C16H25N3O. The van der Waals surface area contributed by atoms with Gasteiger partial charge in [0.25, 0.3) is 5.91 Å². The van der Waals surface area contributed by atoms with Crippen LogP contribution >= 0.6 is 0 Å². The number of likely N-dealkylation sites (tertiary alicyclic amines) is 1. The predicted octanol–water partition coefficient (Wildman–Crippen LogP) is 2.16. The summed E-state index contributed by atoms with van der Waals surface area (Å²) in [7, 11) is 0. The number of nitrogens with one attached hydrogen (secondary N) is 1. The monoisotopic (exact) mass is 275 g/mol. The van der Waals surface area contributed by atoms with Crippen molar-refractivity contribution in [2.75, 3.05) is 19.6 Å². The molecule has 0 aromatic carbocycles. The SMILES string of the molecule is CCNC1CCN(C(=O)c2ccc(C)nc2C)CC1C. The van der Waals surface area contributed by atoms with E-state index in [0.717, 1.165) is 43.0 Å². The standard InChI is InChI=1S/C16H25N3O/c1-5-17-15-8-9-19(10-11(15)2)16(20)14-7-6-12(3)18-13(14)4/h6-7,11,15,17H,5,8-10H2,1-4H3. The van der Waals surface area contributed by atoms with Crippen molar-refractivity contribution in [3.05, 3.63) is 29.1 Å². The van der Waals surface area contributed by atoms with Gasteiger partial charge in [-0.15, -0.1) is 0 Å². The Morgan fingerprint density at radius 3 is 2.80 bits per heavy atom. The van der Waals surface area contributed by atoms with E-state index in [2.05, 4.69) is 24.1 Å². The average Bonchev–Trinajstić information content (AvgIpc) is 2.40. The van der Waals surface area contributed by atoms with Gasteiger partial charge in [0.2, 0.25) is 0 Å². The van der Waals surface area contributed by atoms with E-state index in [9.17, 15) is 4.79 Å². The van der Waals surface area contributed by atoms with Gasteiger partial charge in [-0.2, -0.15) is 0 Å². The van der Waals surface area contributed by atoms with Crippen LogP contribution in [0, 0.1) is 19.8 Å². The lowest BCUT2D eigenvalue weighted by atomic mass is 9.93. The van der Waals surface area contributed by atoms with Gasteiger partial charge in [-0.05, 0) is 44.9 Å². The molecule has 1 aliphatic heterocycles. The molecule has 1 aromatic heterocycles. The first-order chi connectivity index (χ1) is 9.52. The van der Waals surface area contributed by atoms with Crippen LogP contribution in [0.15, 0.2) is 12.1 Å². The third kappa shape index (κ3) is 3.18. The summed E-state index contributed by atoms with van der Waals surface area (Å²) < 4.78 is 0. The lowest BCUT2D eigenvalue weighted by Crippen LogP contribution is -2.50. The Morgan fingerprint density at radius 2 is 2.20 bits per heavy atom. The number of hydrogen-bond donors (Lipinski definition) is 1. The number of carbonyl (C=O) groups excluding carboxylic acids is 1. The second-order valence-corrected chi connectivity index (χ2v) is 5.77. The molecule has 0 bridgehead atoms. The number of rotatable bonds is 3. The lowest BCUT2D eigenvalue weighted by Gasteiger charge is -2.37. The normalized spacial score (nSPS) is 22.9. The molecule has 0 aliphatic carbocycles. The smallest absolute Gasteiger partial charge is 0.255 e. The molecule has 1 aliphatic rings. The molecule has 1 fully saturated rings. The topological polar surface area (TPSA) is 45.2 Å². The number of hydrogen-bond acceptors (Lipinski definition) is 3. The quantitative estimate of drug-likeness (QED) is 0.919. The zero-order valence-corrected chi connectivity index (χ0v) is 12.9. The van der Waals surface area contributed by atoms with Crippen LogP contribution in [0.1, 0.15) is 42.0 Å². The molecule has 4 nitrogen and oxygen atoms in total. The molecule has 2 rings (SSSR count). The van der Waals surface area contributed by atoms with E-state index in [1.54, 1.807) is 0 Å². The van der Waals surface area contributed by atoms with Crippen LogP contribution < -0.4 is 5.32 Å². The molecule has 2 atom stereocenters. The van der Waals surface area contributed by atoms with E-state index in [-0.39, 0.29) is 5.91 Å². The van der Waals surface area contributed by atoms with Gasteiger partial charge in [0, 0.05) is 24.8 Å². The van der Waals surface area contributed by atoms with Gasteiger partial charge in [-0.3, -0.25) is 9.78 Å². The van der Waals surface area contributed by atoms with Gasteiger partial charge in [0.1, 0.15) is 0 Å². The zero-order chi connectivity index (χ0) is 14.7. The van der Waals surface area contributed by atoms with Gasteiger partial charge in [0.05, 0.1) is 11.3 Å². The highest BCUT2D eigenvalue weighted by atomic mass is 16.2. The molecule has 110 valence electrons. The summed E-state index contributed by atoms with van der Waals surface area (Å²) in [5.41, 5.74) is 2.53. The van der Waals surface area contributed by atoms with Crippen molar-refractivity contribution in [3.8, 4) is 0 Å². The largest absolute Gasteiger partial charge is 0.338 e. The van der Waals surface area contributed by atoms with Gasteiger partial charge in [-0.25, -0.2) is 0 Å². The fraction of sp³-hybridized carbons (Fsp3) is 0.625. The van der Waals surface area contributed by atoms with E-state index in [0.29, 0.717) is 12.0 Å². The maximum Gasteiger partial charge on any atom is 0.255 e. The van der Waals surface area contributed by atoms with E-state index < -0.39 is 0 Å². The molecular weight excluding hydrogens is 250 g/mol. The van der Waals surface area contributed by atoms with Crippen LogP contribution in [0.4, 0.5) is 0 Å². The highest BCUT2D eigenvalue weighted by Crippen LogP contribution is 2.20. The second kappa shape index (κ2) is 6.35. The Hall–Kier alpha value is -1.42. The van der Waals surface area contributed by atoms with Gasteiger partial charge < -0.3 is 10.2 Å². The van der Waals surface area contributed by atoms with Crippen molar-refractivity contribution in [1.29, 1.82) is 0 Å². The van der Waals surface area contributed by atoms with Crippen molar-refractivity contribution in [2.24, 2.45) is 5.92 Å². The predicted molar refractivity (Wildman–Crippen MR) is 80.9 cm³/mol. The minimum Gasteiger partial charge on any atom is -0.338 e. The summed E-state index contributed by atoms with van der Waals surface area (Å²) in [6.45, 7) is 10.8. The average molecular weight is 275 g/mol. The second-order valence-electron chi connectivity index (χ2n) is 5.77. The van der Waals surface area contributed by atoms with E-state index >= 15 is 0 Å². The lowest BCUT2D eigenvalue weighted by molar-refractivity contribution is 0.0645. The van der Waals surface area contributed by atoms with Crippen molar-refractivity contribution in [1.82, 2.24) is 15.2 Å². The van der Waals surface area contributed by atoms with Crippen LogP contribution in [0.3, 0.4) is 0 Å². The highest BCUT2D eigenvalue weighted by Gasteiger charge is 2.29. The molecule has 1 N–H and O–H groups in total. The Kier molecular flexibility index (Phi) is 4.76. The zero-order valence-electron chi connectivity index (χ0n) is 12.9. The van der Waals surface area contributed by atoms with Crippen LogP contribution in [0.25, 0.3) is 0 Å². The molecule has 0 spiro atoms. The van der Waals surface area contributed by atoms with Crippen LogP contribution in [0.2, 0.25) is 0 Å². The van der Waals surface area contributed by atoms with E-state index in [1.165, 1.54) is 0 Å². The third-order valence-corrected chi connectivity index (χ3v) is 4.11. The van der Waals surface area contributed by atoms with Crippen molar-refractivity contribution < 1.29 is 4.79 Å². The number of amides is 1. The minimum absolute atomic E-state index is 0.122. The summed E-state index contributed by atoms with van der Waals surface area (Å²) in [5.74, 6) is 0.614. The number of aromatic nitrogens is 1. The van der Waals surface area contributed by atoms with Crippen molar-refractivity contribution in [3.63, 3.8) is 0 Å². The molecule has 1 saturated heterocycles. The Balaban J connectivity index is 2.07. The molecule has 2 heterocycles. The third-order valence-electron chi connectivity index (χ3n) is 4.11. The number of pyridine rings is 1. The first-order valence-corrected chi connectivity index (χ1v) is 7.49. The Labute approximate surface area is 121 Å². The van der Waals surface area contributed by atoms with Crippen molar-refractivity contribution in [2.45, 2.75) is 40.2 Å². The Morgan fingerprint density at radius 1 is 1.45 bits per heavy atom. The maximum absolute atomic E-state index is 12.6. The number of aryl methyl sites for hydroxylation is 2. The maximum atomic E-state index is 12.6. The molecule has 20 heavy (non-hydrogen) atoms. The molecule has 4 heteroatoms. The Bertz CT molecular complexity index is 487. The summed E-state index contributed by atoms with van der Waals surface area (Å²) in [6, 6.07) is 4.34. The van der Waals surface area contributed by atoms with Gasteiger partial charge in [0.15, 0.2) is 0 Å². The minimum atomic E-state index is 0.122. The molecule has 2 unspecified atom stereocenters. The molecule has 1 aromatic rings. The van der Waals surface area contributed by atoms with Crippen LogP contribution in [0.5, 0.6) is 0 Å².